The molecule has 3 aromatic carbocycles. The molecule has 5 nitrogen and oxygen atoms in total. The number of carbonyl (C=O) groups excluding carboxylic acids is 2. The van der Waals surface area contributed by atoms with Gasteiger partial charge in [0.15, 0.2) is 5.78 Å². The minimum absolute atomic E-state index is 0.00354. The highest BCUT2D eigenvalue weighted by molar-refractivity contribution is 8.03. The van der Waals surface area contributed by atoms with Gasteiger partial charge in [0.25, 0.3) is 0 Å². The molecule has 38 heavy (non-hydrogen) atoms. The van der Waals surface area contributed by atoms with E-state index in [-0.39, 0.29) is 29.3 Å². The van der Waals surface area contributed by atoms with Crippen LogP contribution in [0.4, 0.5) is 4.39 Å². The molecule has 1 atom stereocenters. The van der Waals surface area contributed by atoms with Crippen LogP contribution in [0, 0.1) is 17.1 Å². The molecule has 2 N–H and O–H groups in total. The molecule has 1 amide bonds. The first-order valence-electron chi connectivity index (χ1n) is 12.5. The van der Waals surface area contributed by atoms with E-state index in [0.29, 0.717) is 34.6 Å². The summed E-state index contributed by atoms with van der Waals surface area (Å²) in [6.07, 6.45) is 1.82. The molecule has 1 unspecified atom stereocenters. The molecule has 0 radical (unpaired) electrons. The van der Waals surface area contributed by atoms with Crippen LogP contribution in [0.1, 0.15) is 47.9 Å². The van der Waals surface area contributed by atoms with Gasteiger partial charge in [0.2, 0.25) is 5.91 Å². The molecule has 0 spiro atoms. The minimum Gasteiger partial charge on any atom is -0.352 e. The lowest BCUT2D eigenvalue weighted by Crippen LogP contribution is -2.33. The fraction of sp³-hybridized carbons (Fsp3) is 0.194. The highest BCUT2D eigenvalue weighted by atomic mass is 32.2. The molecule has 1 aliphatic carbocycles. The Labute approximate surface area is 225 Å². The first-order chi connectivity index (χ1) is 18.5. The summed E-state index contributed by atoms with van der Waals surface area (Å²) >= 11 is 1.24. The van der Waals surface area contributed by atoms with Gasteiger partial charge in [0, 0.05) is 17.7 Å². The highest BCUT2D eigenvalue weighted by Gasteiger charge is 2.37. The Bertz CT molecular complexity index is 1400. The van der Waals surface area contributed by atoms with Gasteiger partial charge in [0.1, 0.15) is 5.82 Å². The van der Waals surface area contributed by atoms with Gasteiger partial charge < -0.3 is 10.6 Å². The van der Waals surface area contributed by atoms with Gasteiger partial charge in [-0.15, -0.1) is 0 Å². The second kappa shape index (κ2) is 11.5. The highest BCUT2D eigenvalue weighted by Crippen LogP contribution is 2.44. The molecule has 1 aliphatic heterocycles. The summed E-state index contributed by atoms with van der Waals surface area (Å²) in [4.78, 5) is 26.1. The number of hydrogen-bond acceptors (Lipinski definition) is 5. The fourth-order valence-corrected chi connectivity index (χ4v) is 5.89. The Balaban J connectivity index is 1.40. The predicted molar refractivity (Wildman–Crippen MR) is 146 cm³/mol. The number of nitrogens with one attached hydrogen (secondary N) is 2. The van der Waals surface area contributed by atoms with E-state index in [1.54, 1.807) is 12.1 Å². The number of carbonyl (C=O) groups is 2. The van der Waals surface area contributed by atoms with E-state index in [1.807, 2.05) is 60.7 Å². The number of thioether (sulfide) groups is 1. The van der Waals surface area contributed by atoms with Crippen LogP contribution in [0.3, 0.4) is 0 Å². The zero-order valence-corrected chi connectivity index (χ0v) is 21.4. The number of halogens is 1. The zero-order valence-electron chi connectivity index (χ0n) is 20.6. The Kier molecular flexibility index (Phi) is 7.71. The Morgan fingerprint density at radius 2 is 1.63 bits per heavy atom. The van der Waals surface area contributed by atoms with Gasteiger partial charge in [0.05, 0.1) is 34.4 Å². The zero-order chi connectivity index (χ0) is 26.5. The number of dihydropyridines is 1. The summed E-state index contributed by atoms with van der Waals surface area (Å²) < 4.78 is 13.7. The number of Topliss-reactive ketones (excluding diaryl/α,β-unsaturated/α-hetero) is 1. The number of allylic oxidation sites excluding steroid dienone is 3. The lowest BCUT2D eigenvalue weighted by atomic mass is 9.77. The predicted octanol–water partition coefficient (Wildman–Crippen LogP) is 5.89. The molecule has 0 bridgehead atoms. The van der Waals surface area contributed by atoms with Crippen molar-refractivity contribution in [3.05, 3.63) is 129 Å². The quantitative estimate of drug-likeness (QED) is 0.403. The minimum atomic E-state index is -0.586. The second-order valence-corrected chi connectivity index (χ2v) is 10.2. The largest absolute Gasteiger partial charge is 0.352 e. The molecule has 190 valence electrons. The maximum absolute atomic E-state index is 13.7. The van der Waals surface area contributed by atoms with Crippen molar-refractivity contribution >= 4 is 23.5 Å². The molecule has 1 heterocycles. The summed E-state index contributed by atoms with van der Waals surface area (Å²) in [6.45, 7) is 0. The van der Waals surface area contributed by atoms with Crippen molar-refractivity contribution in [2.75, 3.05) is 5.75 Å². The standard InChI is InChI=1S/C31H26FN3O2S/c32-23-16-14-20(15-17-23)28-24(18-33)31(34-25-12-7-13-26(36)29(25)28)38-19-27(37)35-30(21-8-3-1-4-9-21)22-10-5-2-6-11-22/h1-6,8-11,14-17,28,30,34H,7,12-13,19H2,(H,35,37). The maximum atomic E-state index is 13.7. The third-order valence-corrected chi connectivity index (χ3v) is 7.80. The van der Waals surface area contributed by atoms with E-state index >= 15 is 0 Å². The van der Waals surface area contributed by atoms with E-state index < -0.39 is 5.92 Å². The van der Waals surface area contributed by atoms with Gasteiger partial charge in [-0.25, -0.2) is 4.39 Å². The van der Waals surface area contributed by atoms with Crippen LogP contribution in [-0.2, 0) is 9.59 Å². The van der Waals surface area contributed by atoms with E-state index in [0.717, 1.165) is 23.2 Å². The Hall–Kier alpha value is -4.15. The van der Waals surface area contributed by atoms with Crippen molar-refractivity contribution in [2.45, 2.75) is 31.2 Å². The van der Waals surface area contributed by atoms with Gasteiger partial charge in [-0.3, -0.25) is 9.59 Å². The second-order valence-electron chi connectivity index (χ2n) is 9.24. The summed E-state index contributed by atoms with van der Waals surface area (Å²) in [5.74, 6) is -1.08. The summed E-state index contributed by atoms with van der Waals surface area (Å²) in [7, 11) is 0. The molecule has 0 saturated carbocycles. The average molecular weight is 524 g/mol. The number of hydrogen-bond donors (Lipinski definition) is 2. The summed E-state index contributed by atoms with van der Waals surface area (Å²) in [5.41, 5.74) is 4.34. The van der Waals surface area contributed by atoms with Gasteiger partial charge in [-0.05, 0) is 41.7 Å². The number of nitriles is 1. The lowest BCUT2D eigenvalue weighted by molar-refractivity contribution is -0.119. The number of ketones is 1. The number of benzene rings is 3. The summed E-state index contributed by atoms with van der Waals surface area (Å²) in [6, 6.07) is 27.4. The monoisotopic (exact) mass is 523 g/mol. The van der Waals surface area contributed by atoms with Gasteiger partial charge in [-0.2, -0.15) is 5.26 Å². The van der Waals surface area contributed by atoms with Crippen LogP contribution in [0.15, 0.2) is 107 Å². The lowest BCUT2D eigenvalue weighted by Gasteiger charge is -2.33. The van der Waals surface area contributed by atoms with Crippen molar-refractivity contribution in [3.8, 4) is 6.07 Å². The molecule has 5 rings (SSSR count). The van der Waals surface area contributed by atoms with E-state index in [9.17, 15) is 19.2 Å². The molecular weight excluding hydrogens is 497 g/mol. The molecule has 7 heteroatoms. The molecule has 2 aliphatic rings. The molecule has 3 aromatic rings. The van der Waals surface area contributed by atoms with E-state index in [1.165, 1.54) is 23.9 Å². The molecular formula is C31H26FN3O2S. The van der Waals surface area contributed by atoms with Gasteiger partial charge in [-0.1, -0.05) is 84.6 Å². The van der Waals surface area contributed by atoms with Crippen LogP contribution >= 0.6 is 11.8 Å². The third kappa shape index (κ3) is 5.41. The van der Waals surface area contributed by atoms with Crippen molar-refractivity contribution in [1.82, 2.24) is 10.6 Å². The Morgan fingerprint density at radius 1 is 1.00 bits per heavy atom. The first kappa shape index (κ1) is 25.5. The van der Waals surface area contributed by atoms with Crippen LogP contribution in [0.5, 0.6) is 0 Å². The smallest absolute Gasteiger partial charge is 0.231 e. The number of nitrogens with zero attached hydrogens (tertiary/aromatic N) is 1. The van der Waals surface area contributed by atoms with E-state index in [4.69, 9.17) is 0 Å². The SMILES string of the molecule is N#CC1=C(SCC(=O)NC(c2ccccc2)c2ccccc2)NC2=C(C(=O)CCC2)C1c1ccc(F)cc1. The van der Waals surface area contributed by atoms with Crippen molar-refractivity contribution < 1.29 is 14.0 Å². The topological polar surface area (TPSA) is 82.0 Å². The molecule has 0 saturated heterocycles. The van der Waals surface area contributed by atoms with Crippen molar-refractivity contribution in [2.24, 2.45) is 0 Å². The fourth-order valence-electron chi connectivity index (χ4n) is 5.02. The Morgan fingerprint density at radius 3 is 2.24 bits per heavy atom. The van der Waals surface area contributed by atoms with Crippen molar-refractivity contribution in [1.29, 1.82) is 5.26 Å². The third-order valence-electron chi connectivity index (χ3n) is 6.79. The van der Waals surface area contributed by atoms with Crippen LogP contribution in [0.2, 0.25) is 0 Å². The average Bonchev–Trinajstić information content (AvgIpc) is 2.95. The van der Waals surface area contributed by atoms with Crippen LogP contribution < -0.4 is 10.6 Å². The maximum Gasteiger partial charge on any atom is 0.231 e. The van der Waals surface area contributed by atoms with Gasteiger partial charge >= 0.3 is 0 Å². The normalized spacial score (nSPS) is 17.1. The van der Waals surface area contributed by atoms with Crippen LogP contribution in [-0.4, -0.2) is 17.4 Å². The summed E-state index contributed by atoms with van der Waals surface area (Å²) in [5, 5.41) is 17.1. The van der Waals surface area contributed by atoms with Crippen molar-refractivity contribution in [3.63, 3.8) is 0 Å². The number of amides is 1. The first-order valence-corrected chi connectivity index (χ1v) is 13.5. The number of rotatable bonds is 7. The van der Waals surface area contributed by atoms with E-state index in [2.05, 4.69) is 16.7 Å². The molecule has 0 fully saturated rings. The van der Waals surface area contributed by atoms with Crippen LogP contribution in [0.25, 0.3) is 0 Å². The molecule has 0 aromatic heterocycles.